The van der Waals surface area contributed by atoms with Gasteiger partial charge in [-0.05, 0) is 12.1 Å². The first kappa shape index (κ1) is 13.1. The number of carbonyl (C=O) groups excluding carboxylic acids is 1. The molecule has 2 rings (SSSR count). The Morgan fingerprint density at radius 1 is 1.26 bits per heavy atom. The van der Waals surface area contributed by atoms with Gasteiger partial charge in [-0.1, -0.05) is 29.8 Å². The number of anilines is 1. The number of ether oxygens (including phenoxy) is 2. The maximum absolute atomic E-state index is 11.2. The maximum Gasteiger partial charge on any atom is 0.411 e. The van der Waals surface area contributed by atoms with Crippen LogP contribution in [0.15, 0.2) is 36.7 Å². The number of hydrogen-bond acceptors (Lipinski definition) is 5. The van der Waals surface area contributed by atoms with Crippen molar-refractivity contribution in [3.63, 3.8) is 0 Å². The summed E-state index contributed by atoms with van der Waals surface area (Å²) in [7, 11) is 1.24. The standard InChI is InChI=1S/C12H10ClN3O3/c1-18-12(17)16-9-10(13)14-7-15-11(9)19-8-5-3-2-4-6-8/h2-7H,1H3,(H,16,17). The van der Waals surface area contributed by atoms with E-state index in [4.69, 9.17) is 16.3 Å². The Kier molecular flexibility index (Phi) is 4.15. The molecule has 0 bridgehead atoms. The molecule has 0 unspecified atom stereocenters. The Labute approximate surface area is 114 Å². The largest absolute Gasteiger partial charge is 0.453 e. The Morgan fingerprint density at radius 3 is 2.68 bits per heavy atom. The number of benzene rings is 1. The van der Waals surface area contributed by atoms with Gasteiger partial charge < -0.3 is 9.47 Å². The van der Waals surface area contributed by atoms with Crippen LogP contribution in [0.5, 0.6) is 11.6 Å². The molecular weight excluding hydrogens is 270 g/mol. The van der Waals surface area contributed by atoms with Gasteiger partial charge in [-0.2, -0.15) is 4.98 Å². The number of rotatable bonds is 3. The summed E-state index contributed by atoms with van der Waals surface area (Å²) >= 11 is 5.90. The molecule has 0 saturated heterocycles. The predicted molar refractivity (Wildman–Crippen MR) is 69.6 cm³/mol. The SMILES string of the molecule is COC(=O)Nc1c(Cl)ncnc1Oc1ccccc1. The summed E-state index contributed by atoms with van der Waals surface area (Å²) in [6.45, 7) is 0. The average Bonchev–Trinajstić information content (AvgIpc) is 2.43. The van der Waals surface area contributed by atoms with Gasteiger partial charge in [-0.15, -0.1) is 0 Å². The lowest BCUT2D eigenvalue weighted by Crippen LogP contribution is -2.13. The minimum atomic E-state index is -0.686. The van der Waals surface area contributed by atoms with Crippen molar-refractivity contribution >= 4 is 23.4 Å². The van der Waals surface area contributed by atoms with Crippen LogP contribution in [-0.4, -0.2) is 23.2 Å². The number of amides is 1. The molecular formula is C12H10ClN3O3. The highest BCUT2D eigenvalue weighted by Crippen LogP contribution is 2.31. The summed E-state index contributed by atoms with van der Waals surface area (Å²) in [4.78, 5) is 18.9. The molecule has 0 atom stereocenters. The van der Waals surface area contributed by atoms with Crippen LogP contribution in [0.1, 0.15) is 0 Å². The number of nitrogens with zero attached hydrogens (tertiary/aromatic N) is 2. The van der Waals surface area contributed by atoms with Gasteiger partial charge in [-0.25, -0.2) is 9.78 Å². The van der Waals surface area contributed by atoms with Crippen molar-refractivity contribution in [3.8, 4) is 11.6 Å². The first-order chi connectivity index (χ1) is 9.20. The Balaban J connectivity index is 2.29. The highest BCUT2D eigenvalue weighted by Gasteiger charge is 2.15. The van der Waals surface area contributed by atoms with Gasteiger partial charge in [0.2, 0.25) is 5.88 Å². The van der Waals surface area contributed by atoms with Crippen molar-refractivity contribution in [2.24, 2.45) is 0 Å². The second-order valence-corrected chi connectivity index (χ2v) is 3.73. The van der Waals surface area contributed by atoms with Gasteiger partial charge >= 0.3 is 6.09 Å². The zero-order valence-corrected chi connectivity index (χ0v) is 10.7. The van der Waals surface area contributed by atoms with E-state index in [0.717, 1.165) is 0 Å². The van der Waals surface area contributed by atoms with E-state index in [-0.39, 0.29) is 16.7 Å². The third-order valence-corrected chi connectivity index (χ3v) is 2.42. The zero-order chi connectivity index (χ0) is 13.7. The first-order valence-corrected chi connectivity index (χ1v) is 5.67. The van der Waals surface area contributed by atoms with E-state index >= 15 is 0 Å². The van der Waals surface area contributed by atoms with Crippen LogP contribution in [0, 0.1) is 0 Å². The monoisotopic (exact) mass is 279 g/mol. The lowest BCUT2D eigenvalue weighted by atomic mass is 10.3. The molecule has 2 aromatic rings. The molecule has 1 heterocycles. The van der Waals surface area contributed by atoms with Crippen molar-refractivity contribution in [3.05, 3.63) is 41.8 Å². The molecule has 0 aliphatic rings. The summed E-state index contributed by atoms with van der Waals surface area (Å²) in [6, 6.07) is 8.97. The summed E-state index contributed by atoms with van der Waals surface area (Å²) in [5.41, 5.74) is 0.153. The Hall–Kier alpha value is -2.34. The molecule has 19 heavy (non-hydrogen) atoms. The van der Waals surface area contributed by atoms with Crippen LogP contribution >= 0.6 is 11.6 Å². The molecule has 0 spiro atoms. The topological polar surface area (TPSA) is 73.3 Å². The fourth-order valence-electron chi connectivity index (χ4n) is 1.29. The molecule has 0 aliphatic heterocycles. The van der Waals surface area contributed by atoms with E-state index in [0.29, 0.717) is 5.75 Å². The summed E-state index contributed by atoms with van der Waals surface area (Å²) in [6.07, 6.45) is 0.554. The number of methoxy groups -OCH3 is 1. The van der Waals surface area contributed by atoms with Crippen LogP contribution in [0.4, 0.5) is 10.5 Å². The molecule has 0 radical (unpaired) electrons. The Morgan fingerprint density at radius 2 is 2.00 bits per heavy atom. The lowest BCUT2D eigenvalue weighted by Gasteiger charge is -2.10. The first-order valence-electron chi connectivity index (χ1n) is 5.29. The molecule has 0 saturated carbocycles. The fraction of sp³-hybridized carbons (Fsp3) is 0.0833. The summed E-state index contributed by atoms with van der Waals surface area (Å²) in [5.74, 6) is 0.696. The molecule has 1 amide bonds. The molecule has 0 aliphatic carbocycles. The van der Waals surface area contributed by atoms with E-state index in [9.17, 15) is 4.79 Å². The molecule has 1 aromatic carbocycles. The Bertz CT molecular complexity index is 578. The quantitative estimate of drug-likeness (QED) is 0.874. The van der Waals surface area contributed by atoms with Crippen molar-refractivity contribution in [1.29, 1.82) is 0 Å². The highest BCUT2D eigenvalue weighted by molar-refractivity contribution is 6.32. The van der Waals surface area contributed by atoms with E-state index in [2.05, 4.69) is 20.0 Å². The van der Waals surface area contributed by atoms with Gasteiger partial charge in [0.1, 0.15) is 17.8 Å². The number of carbonyl (C=O) groups is 1. The normalized spacial score (nSPS) is 9.79. The number of hydrogen-bond donors (Lipinski definition) is 1. The third-order valence-electron chi connectivity index (χ3n) is 2.14. The number of nitrogens with one attached hydrogen (secondary N) is 1. The van der Waals surface area contributed by atoms with Crippen molar-refractivity contribution in [1.82, 2.24) is 9.97 Å². The second-order valence-electron chi connectivity index (χ2n) is 3.38. The van der Waals surface area contributed by atoms with E-state index in [1.54, 1.807) is 12.1 Å². The molecule has 0 fully saturated rings. The average molecular weight is 280 g/mol. The van der Waals surface area contributed by atoms with Gasteiger partial charge in [0.05, 0.1) is 7.11 Å². The van der Waals surface area contributed by atoms with Crippen LogP contribution < -0.4 is 10.1 Å². The van der Waals surface area contributed by atoms with Crippen LogP contribution in [0.2, 0.25) is 5.15 Å². The minimum Gasteiger partial charge on any atom is -0.453 e. The fourth-order valence-corrected chi connectivity index (χ4v) is 1.46. The highest BCUT2D eigenvalue weighted by atomic mass is 35.5. The van der Waals surface area contributed by atoms with Crippen LogP contribution in [0.3, 0.4) is 0 Å². The molecule has 6 nitrogen and oxygen atoms in total. The second kappa shape index (κ2) is 6.01. The maximum atomic E-state index is 11.2. The van der Waals surface area contributed by atoms with Gasteiger partial charge in [0.25, 0.3) is 0 Å². The molecule has 7 heteroatoms. The summed E-state index contributed by atoms with van der Waals surface area (Å²) in [5, 5.41) is 2.47. The molecule has 1 aromatic heterocycles. The van der Waals surface area contributed by atoms with E-state index in [1.165, 1.54) is 13.4 Å². The van der Waals surface area contributed by atoms with E-state index in [1.807, 2.05) is 18.2 Å². The number of aromatic nitrogens is 2. The van der Waals surface area contributed by atoms with E-state index < -0.39 is 6.09 Å². The zero-order valence-electron chi connectivity index (χ0n) is 9.96. The number of para-hydroxylation sites is 1. The van der Waals surface area contributed by atoms with Crippen molar-refractivity contribution in [2.75, 3.05) is 12.4 Å². The third kappa shape index (κ3) is 3.32. The predicted octanol–water partition coefficient (Wildman–Crippen LogP) is 3.10. The van der Waals surface area contributed by atoms with Crippen molar-refractivity contribution in [2.45, 2.75) is 0 Å². The van der Waals surface area contributed by atoms with Crippen LogP contribution in [0.25, 0.3) is 0 Å². The van der Waals surface area contributed by atoms with Crippen molar-refractivity contribution < 1.29 is 14.3 Å². The smallest absolute Gasteiger partial charge is 0.411 e. The van der Waals surface area contributed by atoms with Gasteiger partial charge in [0, 0.05) is 0 Å². The molecule has 98 valence electrons. The van der Waals surface area contributed by atoms with Gasteiger partial charge in [0.15, 0.2) is 5.15 Å². The van der Waals surface area contributed by atoms with Crippen LogP contribution in [-0.2, 0) is 4.74 Å². The van der Waals surface area contributed by atoms with Gasteiger partial charge in [-0.3, -0.25) is 5.32 Å². The lowest BCUT2D eigenvalue weighted by molar-refractivity contribution is 0.186. The minimum absolute atomic E-state index is 0.0614. The summed E-state index contributed by atoms with van der Waals surface area (Å²) < 4.78 is 10.0. The molecule has 1 N–H and O–H groups in total. The number of halogens is 1.